The Balaban J connectivity index is 2.05. The minimum atomic E-state index is -0.420. The van der Waals surface area contributed by atoms with E-state index in [1.54, 1.807) is 31.4 Å². The van der Waals surface area contributed by atoms with Crippen LogP contribution in [0.25, 0.3) is 11.3 Å². The number of nitrogens with one attached hydrogen (secondary N) is 1. The average molecular weight is 302 g/mol. The number of aromatic nitrogens is 1. The van der Waals surface area contributed by atoms with E-state index in [1.807, 2.05) is 13.8 Å². The van der Waals surface area contributed by atoms with Crippen molar-refractivity contribution in [2.45, 2.75) is 19.4 Å². The molecule has 22 heavy (non-hydrogen) atoms. The summed E-state index contributed by atoms with van der Waals surface area (Å²) in [6, 6.07) is 9.50. The van der Waals surface area contributed by atoms with Crippen LogP contribution in [0.5, 0.6) is 0 Å². The fourth-order valence-corrected chi connectivity index (χ4v) is 1.79. The monoisotopic (exact) mass is 302 g/mol. The Morgan fingerprint density at radius 2 is 1.91 bits per heavy atom. The van der Waals surface area contributed by atoms with Gasteiger partial charge < -0.3 is 10.1 Å². The number of pyridine rings is 1. The first-order valence-electron chi connectivity index (χ1n) is 6.97. The maximum atomic E-state index is 12.9. The van der Waals surface area contributed by atoms with Gasteiger partial charge in [0.05, 0.1) is 16.9 Å². The molecule has 0 aliphatic carbocycles. The lowest BCUT2D eigenvalue weighted by molar-refractivity contribution is 0.0228. The molecule has 2 rings (SSSR count). The number of carbonyl (C=O) groups is 1. The Labute approximate surface area is 129 Å². The minimum absolute atomic E-state index is 0.205. The zero-order chi connectivity index (χ0) is 16.2. The molecule has 1 amide bonds. The Kier molecular flexibility index (Phi) is 4.88. The molecule has 0 saturated heterocycles. The van der Waals surface area contributed by atoms with Gasteiger partial charge in [0.25, 0.3) is 5.91 Å². The molecule has 1 aromatic heterocycles. The van der Waals surface area contributed by atoms with Gasteiger partial charge in [0, 0.05) is 25.4 Å². The topological polar surface area (TPSA) is 51.2 Å². The molecule has 0 saturated carbocycles. The van der Waals surface area contributed by atoms with Crippen LogP contribution in [0.1, 0.15) is 24.2 Å². The van der Waals surface area contributed by atoms with Crippen molar-refractivity contribution in [3.8, 4) is 11.3 Å². The summed E-state index contributed by atoms with van der Waals surface area (Å²) in [5.41, 5.74) is 1.54. The summed E-state index contributed by atoms with van der Waals surface area (Å²) < 4.78 is 18.1. The van der Waals surface area contributed by atoms with Crippen LogP contribution in [0.3, 0.4) is 0 Å². The highest BCUT2D eigenvalue weighted by atomic mass is 19.1. The first kappa shape index (κ1) is 16.1. The van der Waals surface area contributed by atoms with Gasteiger partial charge in [0.2, 0.25) is 0 Å². The summed E-state index contributed by atoms with van der Waals surface area (Å²) in [7, 11) is 1.60. The van der Waals surface area contributed by atoms with Crippen LogP contribution < -0.4 is 5.32 Å². The number of hydrogen-bond acceptors (Lipinski definition) is 3. The molecule has 0 aliphatic heterocycles. The molecule has 5 heteroatoms. The molecule has 0 atom stereocenters. The molecule has 0 bridgehead atoms. The predicted octanol–water partition coefficient (Wildman–Crippen LogP) is 3.04. The first-order chi connectivity index (χ1) is 10.4. The summed E-state index contributed by atoms with van der Waals surface area (Å²) in [6.45, 7) is 4.19. The van der Waals surface area contributed by atoms with E-state index in [0.29, 0.717) is 17.8 Å². The van der Waals surface area contributed by atoms with Crippen LogP contribution >= 0.6 is 0 Å². The van der Waals surface area contributed by atoms with E-state index in [0.717, 1.165) is 5.56 Å². The molecular formula is C17H19FN2O2. The average Bonchev–Trinajstić information content (AvgIpc) is 2.54. The molecule has 0 unspecified atom stereocenters. The van der Waals surface area contributed by atoms with Crippen LogP contribution in [-0.4, -0.2) is 30.1 Å². The third-order valence-corrected chi connectivity index (χ3v) is 3.39. The fraction of sp³-hybridized carbons (Fsp3) is 0.294. The third kappa shape index (κ3) is 4.11. The van der Waals surface area contributed by atoms with Gasteiger partial charge in [-0.25, -0.2) is 4.39 Å². The molecule has 1 N–H and O–H groups in total. The molecule has 2 aromatic rings. The summed E-state index contributed by atoms with van der Waals surface area (Å²) >= 11 is 0. The number of hydrogen-bond donors (Lipinski definition) is 1. The van der Waals surface area contributed by atoms with Gasteiger partial charge >= 0.3 is 0 Å². The standard InChI is InChI=1S/C17H19FN2O2/c1-17(2,22-3)11-20-16(21)13-6-9-15(19-10-13)12-4-7-14(18)8-5-12/h4-10H,11H2,1-3H3,(H,20,21). The van der Waals surface area contributed by atoms with E-state index in [1.165, 1.54) is 18.3 Å². The maximum Gasteiger partial charge on any atom is 0.252 e. The van der Waals surface area contributed by atoms with Gasteiger partial charge in [0.1, 0.15) is 5.82 Å². The number of nitrogens with zero attached hydrogens (tertiary/aromatic N) is 1. The van der Waals surface area contributed by atoms with Gasteiger partial charge in [0.15, 0.2) is 0 Å². The van der Waals surface area contributed by atoms with Crippen molar-refractivity contribution in [2.24, 2.45) is 0 Å². The van der Waals surface area contributed by atoms with E-state index >= 15 is 0 Å². The third-order valence-electron chi connectivity index (χ3n) is 3.39. The van der Waals surface area contributed by atoms with Gasteiger partial charge in [-0.15, -0.1) is 0 Å². The zero-order valence-corrected chi connectivity index (χ0v) is 12.9. The number of halogens is 1. The van der Waals surface area contributed by atoms with Gasteiger partial charge in [-0.2, -0.15) is 0 Å². The number of ether oxygens (including phenoxy) is 1. The van der Waals surface area contributed by atoms with Crippen molar-refractivity contribution in [1.29, 1.82) is 0 Å². The normalized spacial score (nSPS) is 11.3. The second-order valence-electron chi connectivity index (χ2n) is 5.59. The first-order valence-corrected chi connectivity index (χ1v) is 6.97. The second kappa shape index (κ2) is 6.66. The summed E-state index contributed by atoms with van der Waals surface area (Å²) in [5, 5.41) is 2.80. The summed E-state index contributed by atoms with van der Waals surface area (Å²) in [6.07, 6.45) is 1.51. The van der Waals surface area contributed by atoms with Crippen molar-refractivity contribution >= 4 is 5.91 Å². The van der Waals surface area contributed by atoms with E-state index in [-0.39, 0.29) is 11.7 Å². The second-order valence-corrected chi connectivity index (χ2v) is 5.59. The number of methoxy groups -OCH3 is 1. The Morgan fingerprint density at radius 1 is 1.23 bits per heavy atom. The minimum Gasteiger partial charge on any atom is -0.377 e. The van der Waals surface area contributed by atoms with Crippen molar-refractivity contribution < 1.29 is 13.9 Å². The van der Waals surface area contributed by atoms with E-state index in [2.05, 4.69) is 10.3 Å². The molecule has 1 aromatic carbocycles. The highest BCUT2D eigenvalue weighted by molar-refractivity contribution is 5.94. The number of carbonyl (C=O) groups excluding carboxylic acids is 1. The van der Waals surface area contributed by atoms with Gasteiger partial charge in [-0.3, -0.25) is 9.78 Å². The van der Waals surface area contributed by atoms with Crippen molar-refractivity contribution in [1.82, 2.24) is 10.3 Å². The van der Waals surface area contributed by atoms with E-state index < -0.39 is 5.60 Å². The van der Waals surface area contributed by atoms with Crippen LogP contribution in [0, 0.1) is 5.82 Å². The molecule has 1 heterocycles. The molecule has 4 nitrogen and oxygen atoms in total. The number of amides is 1. The van der Waals surface area contributed by atoms with Crippen LogP contribution in [0.4, 0.5) is 4.39 Å². The number of rotatable bonds is 5. The largest absolute Gasteiger partial charge is 0.377 e. The van der Waals surface area contributed by atoms with E-state index in [4.69, 9.17) is 4.74 Å². The summed E-state index contributed by atoms with van der Waals surface area (Å²) in [5.74, 6) is -0.496. The molecule has 0 fully saturated rings. The maximum absolute atomic E-state index is 12.9. The van der Waals surface area contributed by atoms with Crippen molar-refractivity contribution in [2.75, 3.05) is 13.7 Å². The lowest BCUT2D eigenvalue weighted by atomic mass is 10.1. The zero-order valence-electron chi connectivity index (χ0n) is 12.9. The molecule has 0 aliphatic rings. The smallest absolute Gasteiger partial charge is 0.252 e. The van der Waals surface area contributed by atoms with Crippen LogP contribution in [0.2, 0.25) is 0 Å². The Bertz CT molecular complexity index is 637. The molecular weight excluding hydrogens is 283 g/mol. The summed E-state index contributed by atoms with van der Waals surface area (Å²) in [4.78, 5) is 16.3. The Morgan fingerprint density at radius 3 is 2.45 bits per heavy atom. The lowest BCUT2D eigenvalue weighted by Crippen LogP contribution is -2.39. The molecule has 0 spiro atoms. The highest BCUT2D eigenvalue weighted by Gasteiger charge is 2.18. The van der Waals surface area contributed by atoms with E-state index in [9.17, 15) is 9.18 Å². The van der Waals surface area contributed by atoms with Crippen molar-refractivity contribution in [3.05, 3.63) is 54.0 Å². The fourth-order valence-electron chi connectivity index (χ4n) is 1.79. The Hall–Kier alpha value is -2.27. The van der Waals surface area contributed by atoms with Crippen molar-refractivity contribution in [3.63, 3.8) is 0 Å². The van der Waals surface area contributed by atoms with Crippen LogP contribution in [0.15, 0.2) is 42.6 Å². The van der Waals surface area contributed by atoms with Gasteiger partial charge in [-0.1, -0.05) is 0 Å². The predicted molar refractivity (Wildman–Crippen MR) is 83.1 cm³/mol. The SMILES string of the molecule is COC(C)(C)CNC(=O)c1ccc(-c2ccc(F)cc2)nc1. The number of benzene rings is 1. The highest BCUT2D eigenvalue weighted by Crippen LogP contribution is 2.17. The van der Waals surface area contributed by atoms with Gasteiger partial charge in [-0.05, 0) is 50.2 Å². The quantitative estimate of drug-likeness (QED) is 0.923. The molecule has 116 valence electrons. The lowest BCUT2D eigenvalue weighted by Gasteiger charge is -2.23. The molecule has 0 radical (unpaired) electrons. The van der Waals surface area contributed by atoms with Crippen LogP contribution in [-0.2, 0) is 4.74 Å².